The first kappa shape index (κ1) is 16.5. The van der Waals surface area contributed by atoms with E-state index in [4.69, 9.17) is 0 Å². The number of alkyl halides is 1. The van der Waals surface area contributed by atoms with Crippen LogP contribution in [0.4, 0.5) is 0 Å². The second kappa shape index (κ2) is 8.58. The first-order valence-corrected chi connectivity index (χ1v) is 9.10. The molecule has 1 nitrogen and oxygen atoms in total. The lowest BCUT2D eigenvalue weighted by Crippen LogP contribution is -2.42. The molecule has 0 aromatic rings. The van der Waals surface area contributed by atoms with Crippen LogP contribution in [-0.4, -0.2) is 29.9 Å². The van der Waals surface area contributed by atoms with Gasteiger partial charge in [0.05, 0.1) is 0 Å². The van der Waals surface area contributed by atoms with Crippen LogP contribution >= 0.6 is 15.9 Å². The van der Waals surface area contributed by atoms with Crippen LogP contribution in [0.3, 0.4) is 0 Å². The van der Waals surface area contributed by atoms with Crippen LogP contribution in [0.1, 0.15) is 65.7 Å². The molecule has 0 aromatic carbocycles. The van der Waals surface area contributed by atoms with Crippen molar-refractivity contribution in [3.63, 3.8) is 0 Å². The smallest absolute Gasteiger partial charge is 0.0100 e. The number of rotatable bonds is 8. The van der Waals surface area contributed by atoms with E-state index in [1.807, 2.05) is 0 Å². The first-order chi connectivity index (χ1) is 8.69. The van der Waals surface area contributed by atoms with Gasteiger partial charge in [-0.25, -0.2) is 0 Å². The van der Waals surface area contributed by atoms with Crippen LogP contribution in [0.25, 0.3) is 0 Å². The summed E-state index contributed by atoms with van der Waals surface area (Å²) in [5.41, 5.74) is 0.570. The van der Waals surface area contributed by atoms with E-state index in [1.165, 1.54) is 69.9 Å². The largest absolute Gasteiger partial charge is 0.303 e. The molecule has 0 aromatic heterocycles. The monoisotopic (exact) mass is 317 g/mol. The molecule has 1 aliphatic rings. The third kappa shape index (κ3) is 4.85. The highest BCUT2D eigenvalue weighted by Gasteiger charge is 2.32. The molecule has 0 spiro atoms. The summed E-state index contributed by atoms with van der Waals surface area (Å²) in [5.74, 6) is 0.890. The maximum Gasteiger partial charge on any atom is 0.0100 e. The van der Waals surface area contributed by atoms with Crippen molar-refractivity contribution in [3.05, 3.63) is 0 Å². The predicted octanol–water partition coefficient (Wildman–Crippen LogP) is 5.09. The van der Waals surface area contributed by atoms with Crippen molar-refractivity contribution in [1.82, 2.24) is 4.90 Å². The van der Waals surface area contributed by atoms with Gasteiger partial charge in [0.1, 0.15) is 0 Å². The molecular formula is C16H32BrN. The van der Waals surface area contributed by atoms with Gasteiger partial charge >= 0.3 is 0 Å². The standard InChI is InChI=1S/C16H32BrN/c1-4-15(5-2)12-18(6-3)14-16(13-17)10-8-7-9-11-16/h15H,4-14H2,1-3H3. The zero-order valence-corrected chi connectivity index (χ0v) is 14.3. The number of halogens is 1. The van der Waals surface area contributed by atoms with E-state index in [2.05, 4.69) is 41.6 Å². The van der Waals surface area contributed by atoms with E-state index in [1.54, 1.807) is 0 Å². The molecule has 0 aliphatic heterocycles. The van der Waals surface area contributed by atoms with Gasteiger partial charge in [-0.1, -0.05) is 68.8 Å². The van der Waals surface area contributed by atoms with Crippen LogP contribution < -0.4 is 0 Å². The van der Waals surface area contributed by atoms with Gasteiger partial charge in [-0.05, 0) is 30.7 Å². The Morgan fingerprint density at radius 1 is 1.06 bits per heavy atom. The fourth-order valence-electron chi connectivity index (χ4n) is 3.33. The molecule has 0 radical (unpaired) electrons. The zero-order chi connectivity index (χ0) is 13.4. The molecule has 0 heterocycles. The van der Waals surface area contributed by atoms with E-state index in [0.29, 0.717) is 5.41 Å². The number of hydrogen-bond acceptors (Lipinski definition) is 1. The molecule has 0 saturated heterocycles. The summed E-state index contributed by atoms with van der Waals surface area (Å²) in [4.78, 5) is 2.71. The van der Waals surface area contributed by atoms with Gasteiger partial charge in [0.25, 0.3) is 0 Å². The molecule has 2 heteroatoms. The molecule has 18 heavy (non-hydrogen) atoms. The van der Waals surface area contributed by atoms with Gasteiger partial charge in [0, 0.05) is 18.4 Å². The molecule has 0 bridgehead atoms. The summed E-state index contributed by atoms with van der Waals surface area (Å²) >= 11 is 3.80. The highest BCUT2D eigenvalue weighted by Crippen LogP contribution is 2.38. The zero-order valence-electron chi connectivity index (χ0n) is 12.7. The summed E-state index contributed by atoms with van der Waals surface area (Å²) in [6.07, 6.45) is 9.84. The highest BCUT2D eigenvalue weighted by atomic mass is 79.9. The van der Waals surface area contributed by atoms with Gasteiger partial charge < -0.3 is 4.90 Å². The number of hydrogen-bond donors (Lipinski definition) is 0. The Hall–Kier alpha value is 0.440. The lowest BCUT2D eigenvalue weighted by molar-refractivity contribution is 0.115. The average molecular weight is 318 g/mol. The summed E-state index contributed by atoms with van der Waals surface area (Å²) in [7, 11) is 0. The van der Waals surface area contributed by atoms with Gasteiger partial charge in [0.15, 0.2) is 0 Å². The Kier molecular flexibility index (Phi) is 7.86. The molecule has 0 amide bonds. The third-order valence-corrected chi connectivity index (χ3v) is 6.06. The molecule has 1 saturated carbocycles. The molecule has 0 N–H and O–H groups in total. The fourth-order valence-corrected chi connectivity index (χ4v) is 4.07. The van der Waals surface area contributed by atoms with Crippen molar-refractivity contribution in [3.8, 4) is 0 Å². The molecular weight excluding hydrogens is 286 g/mol. The second-order valence-electron chi connectivity index (χ2n) is 6.20. The van der Waals surface area contributed by atoms with E-state index in [0.717, 1.165) is 5.92 Å². The van der Waals surface area contributed by atoms with E-state index < -0.39 is 0 Å². The van der Waals surface area contributed by atoms with Crippen molar-refractivity contribution in [1.29, 1.82) is 0 Å². The van der Waals surface area contributed by atoms with Crippen molar-refractivity contribution in [2.45, 2.75) is 65.7 Å². The fraction of sp³-hybridized carbons (Fsp3) is 1.00. The van der Waals surface area contributed by atoms with Crippen molar-refractivity contribution >= 4 is 15.9 Å². The van der Waals surface area contributed by atoms with Crippen molar-refractivity contribution < 1.29 is 0 Å². The lowest BCUT2D eigenvalue weighted by Gasteiger charge is -2.40. The van der Waals surface area contributed by atoms with E-state index >= 15 is 0 Å². The SMILES string of the molecule is CCC(CC)CN(CC)CC1(CBr)CCCCC1. The Balaban J connectivity index is 2.53. The van der Waals surface area contributed by atoms with Gasteiger partial charge in [-0.3, -0.25) is 0 Å². The summed E-state index contributed by atoms with van der Waals surface area (Å²) in [6, 6.07) is 0. The van der Waals surface area contributed by atoms with Crippen LogP contribution in [0.5, 0.6) is 0 Å². The number of nitrogens with zero attached hydrogens (tertiary/aromatic N) is 1. The topological polar surface area (TPSA) is 3.24 Å². The molecule has 1 fully saturated rings. The van der Waals surface area contributed by atoms with Crippen LogP contribution in [0.2, 0.25) is 0 Å². The molecule has 0 unspecified atom stereocenters. The average Bonchev–Trinajstić information content (AvgIpc) is 2.44. The minimum absolute atomic E-state index is 0.570. The maximum atomic E-state index is 3.80. The maximum absolute atomic E-state index is 3.80. The lowest BCUT2D eigenvalue weighted by atomic mass is 9.75. The quantitative estimate of drug-likeness (QED) is 0.563. The molecule has 108 valence electrons. The molecule has 1 aliphatic carbocycles. The molecule has 1 rings (SSSR count). The van der Waals surface area contributed by atoms with E-state index in [-0.39, 0.29) is 0 Å². The summed E-state index contributed by atoms with van der Waals surface area (Å²) in [5, 5.41) is 1.19. The van der Waals surface area contributed by atoms with Gasteiger partial charge in [-0.2, -0.15) is 0 Å². The van der Waals surface area contributed by atoms with Crippen molar-refractivity contribution in [2.24, 2.45) is 11.3 Å². The third-order valence-electron chi connectivity index (χ3n) is 4.88. The van der Waals surface area contributed by atoms with Crippen LogP contribution in [0.15, 0.2) is 0 Å². The van der Waals surface area contributed by atoms with Crippen LogP contribution in [0, 0.1) is 11.3 Å². The summed E-state index contributed by atoms with van der Waals surface area (Å²) in [6.45, 7) is 10.8. The van der Waals surface area contributed by atoms with Gasteiger partial charge in [0.2, 0.25) is 0 Å². The Labute approximate surface area is 123 Å². The van der Waals surface area contributed by atoms with E-state index in [9.17, 15) is 0 Å². The Morgan fingerprint density at radius 3 is 2.11 bits per heavy atom. The van der Waals surface area contributed by atoms with Crippen molar-refractivity contribution in [2.75, 3.05) is 25.0 Å². The highest BCUT2D eigenvalue weighted by molar-refractivity contribution is 9.09. The van der Waals surface area contributed by atoms with Gasteiger partial charge in [-0.15, -0.1) is 0 Å². The minimum Gasteiger partial charge on any atom is -0.303 e. The predicted molar refractivity (Wildman–Crippen MR) is 85.5 cm³/mol. The normalized spacial score (nSPS) is 19.7. The molecule has 0 atom stereocenters. The van der Waals surface area contributed by atoms with Crippen LogP contribution in [-0.2, 0) is 0 Å². The first-order valence-electron chi connectivity index (χ1n) is 7.98. The Bertz CT molecular complexity index is 207. The summed E-state index contributed by atoms with van der Waals surface area (Å²) < 4.78 is 0. The minimum atomic E-state index is 0.570. The second-order valence-corrected chi connectivity index (χ2v) is 6.77. The Morgan fingerprint density at radius 2 is 1.67 bits per heavy atom.